The van der Waals surface area contributed by atoms with Gasteiger partial charge in [-0.25, -0.2) is 0 Å². The first-order valence-electron chi connectivity index (χ1n) is 7.61. The van der Waals surface area contributed by atoms with Gasteiger partial charge in [-0.3, -0.25) is 4.99 Å². The second-order valence-corrected chi connectivity index (χ2v) is 5.85. The van der Waals surface area contributed by atoms with Gasteiger partial charge in [0.1, 0.15) is 5.76 Å². The molecular formula is C17H23N3OS. The number of nitrogens with zero attached hydrogens (tertiary/aromatic N) is 1. The molecule has 0 saturated carbocycles. The van der Waals surface area contributed by atoms with E-state index < -0.39 is 0 Å². The van der Waals surface area contributed by atoms with E-state index in [1.54, 1.807) is 6.26 Å². The maximum Gasteiger partial charge on any atom is 0.191 e. The summed E-state index contributed by atoms with van der Waals surface area (Å²) in [5.41, 5.74) is 0. The summed E-state index contributed by atoms with van der Waals surface area (Å²) in [5, 5.41) is 6.62. The van der Waals surface area contributed by atoms with Crippen molar-refractivity contribution in [3.63, 3.8) is 0 Å². The van der Waals surface area contributed by atoms with Gasteiger partial charge in [0.2, 0.25) is 0 Å². The average molecular weight is 317 g/mol. The van der Waals surface area contributed by atoms with Crippen LogP contribution in [-0.2, 0) is 6.42 Å². The van der Waals surface area contributed by atoms with E-state index in [0.717, 1.165) is 37.0 Å². The minimum atomic E-state index is 0.717. The van der Waals surface area contributed by atoms with Gasteiger partial charge in [0.05, 0.1) is 6.26 Å². The molecule has 2 N–H and O–H groups in total. The van der Waals surface area contributed by atoms with Crippen LogP contribution < -0.4 is 10.6 Å². The minimum absolute atomic E-state index is 0.717. The van der Waals surface area contributed by atoms with Crippen LogP contribution >= 0.6 is 11.8 Å². The fourth-order valence-corrected chi connectivity index (χ4v) is 2.72. The van der Waals surface area contributed by atoms with Crippen molar-refractivity contribution in [2.45, 2.75) is 18.2 Å². The van der Waals surface area contributed by atoms with E-state index in [2.05, 4.69) is 46.8 Å². The first kappa shape index (κ1) is 16.5. The van der Waals surface area contributed by atoms with Crippen molar-refractivity contribution in [3.05, 3.63) is 54.5 Å². The number of aliphatic imine (C=N–C) groups is 1. The van der Waals surface area contributed by atoms with Gasteiger partial charge in [0.15, 0.2) is 5.96 Å². The second-order valence-electron chi connectivity index (χ2n) is 4.68. The Bertz CT molecular complexity index is 540. The zero-order chi connectivity index (χ0) is 15.5. The molecule has 0 radical (unpaired) electrons. The van der Waals surface area contributed by atoms with Gasteiger partial charge in [-0.05, 0) is 31.2 Å². The van der Waals surface area contributed by atoms with Gasteiger partial charge in [-0.2, -0.15) is 0 Å². The van der Waals surface area contributed by atoms with Crippen molar-refractivity contribution in [2.75, 3.05) is 25.4 Å². The highest BCUT2D eigenvalue weighted by Gasteiger charge is 1.99. The van der Waals surface area contributed by atoms with Crippen LogP contribution in [0.5, 0.6) is 0 Å². The fraction of sp³-hybridized carbons (Fsp3) is 0.353. The molecule has 1 heterocycles. The molecule has 0 aliphatic heterocycles. The van der Waals surface area contributed by atoms with Crippen LogP contribution in [-0.4, -0.2) is 31.3 Å². The topological polar surface area (TPSA) is 49.6 Å². The van der Waals surface area contributed by atoms with Crippen LogP contribution in [0.2, 0.25) is 0 Å². The van der Waals surface area contributed by atoms with Crippen LogP contribution in [0.25, 0.3) is 0 Å². The Morgan fingerprint density at radius 1 is 1.14 bits per heavy atom. The number of hydrogen-bond donors (Lipinski definition) is 2. The van der Waals surface area contributed by atoms with Crippen LogP contribution in [0.1, 0.15) is 12.7 Å². The predicted molar refractivity (Wildman–Crippen MR) is 93.6 cm³/mol. The maximum atomic E-state index is 5.31. The summed E-state index contributed by atoms with van der Waals surface area (Å²) in [6.07, 6.45) is 2.52. The highest BCUT2D eigenvalue weighted by Crippen LogP contribution is 2.15. The molecule has 0 fully saturated rings. The zero-order valence-electron chi connectivity index (χ0n) is 12.9. The summed E-state index contributed by atoms with van der Waals surface area (Å²) in [4.78, 5) is 5.85. The Morgan fingerprint density at radius 2 is 2.00 bits per heavy atom. The number of thioether (sulfide) groups is 1. The summed E-state index contributed by atoms with van der Waals surface area (Å²) < 4.78 is 5.31. The average Bonchev–Trinajstić information content (AvgIpc) is 3.06. The summed E-state index contributed by atoms with van der Waals surface area (Å²) in [6, 6.07) is 14.3. The number of guanidine groups is 1. The summed E-state index contributed by atoms with van der Waals surface area (Å²) >= 11 is 1.84. The van der Waals surface area contributed by atoms with Crippen molar-refractivity contribution in [2.24, 2.45) is 4.99 Å². The standard InChI is InChI=1S/C17H23N3OS/c1-2-18-17(19-11-10-15-7-6-13-21-15)20-12-14-22-16-8-4-3-5-9-16/h3-9,13H,2,10-12,14H2,1H3,(H2,18,19,20). The molecular weight excluding hydrogens is 294 g/mol. The van der Waals surface area contributed by atoms with E-state index in [0.29, 0.717) is 6.54 Å². The normalized spacial score (nSPS) is 11.4. The number of rotatable bonds is 8. The predicted octanol–water partition coefficient (Wildman–Crippen LogP) is 3.17. The van der Waals surface area contributed by atoms with Crippen molar-refractivity contribution in [3.8, 4) is 0 Å². The van der Waals surface area contributed by atoms with Crippen molar-refractivity contribution >= 4 is 17.7 Å². The lowest BCUT2D eigenvalue weighted by atomic mass is 10.3. The third kappa shape index (κ3) is 6.26. The Kier molecular flexibility index (Phi) is 7.46. The molecule has 4 nitrogen and oxygen atoms in total. The molecule has 1 aromatic heterocycles. The fourth-order valence-electron chi connectivity index (χ4n) is 1.93. The van der Waals surface area contributed by atoms with Gasteiger partial charge >= 0.3 is 0 Å². The van der Waals surface area contributed by atoms with Crippen LogP contribution in [0, 0.1) is 0 Å². The molecule has 0 saturated heterocycles. The van der Waals surface area contributed by atoms with Gasteiger partial charge in [0, 0.05) is 36.7 Å². The number of hydrogen-bond acceptors (Lipinski definition) is 3. The third-order valence-corrected chi connectivity index (χ3v) is 3.97. The second kappa shape index (κ2) is 9.95. The van der Waals surface area contributed by atoms with E-state index in [9.17, 15) is 0 Å². The lowest BCUT2D eigenvalue weighted by Crippen LogP contribution is -2.38. The first-order chi connectivity index (χ1) is 10.9. The van der Waals surface area contributed by atoms with Crippen molar-refractivity contribution in [1.29, 1.82) is 0 Å². The van der Waals surface area contributed by atoms with Gasteiger partial charge < -0.3 is 15.1 Å². The van der Waals surface area contributed by atoms with E-state index >= 15 is 0 Å². The lowest BCUT2D eigenvalue weighted by Gasteiger charge is -2.11. The van der Waals surface area contributed by atoms with E-state index in [1.165, 1.54) is 4.90 Å². The molecule has 0 aliphatic rings. The van der Waals surface area contributed by atoms with Gasteiger partial charge in [0.25, 0.3) is 0 Å². The van der Waals surface area contributed by atoms with Crippen LogP contribution in [0.4, 0.5) is 0 Å². The molecule has 0 unspecified atom stereocenters. The molecule has 5 heteroatoms. The van der Waals surface area contributed by atoms with E-state index in [4.69, 9.17) is 4.42 Å². The SMILES string of the molecule is CCNC(=NCCc1ccco1)NCCSc1ccccc1. The highest BCUT2D eigenvalue weighted by atomic mass is 32.2. The maximum absolute atomic E-state index is 5.31. The lowest BCUT2D eigenvalue weighted by molar-refractivity contribution is 0.510. The molecule has 0 atom stereocenters. The molecule has 0 bridgehead atoms. The molecule has 1 aromatic carbocycles. The minimum Gasteiger partial charge on any atom is -0.469 e. The van der Waals surface area contributed by atoms with Crippen LogP contribution in [0.3, 0.4) is 0 Å². The first-order valence-corrected chi connectivity index (χ1v) is 8.59. The Hall–Kier alpha value is -1.88. The number of nitrogens with one attached hydrogen (secondary N) is 2. The molecule has 2 aromatic rings. The summed E-state index contributed by atoms with van der Waals surface area (Å²) in [7, 11) is 0. The smallest absolute Gasteiger partial charge is 0.191 e. The van der Waals surface area contributed by atoms with Crippen molar-refractivity contribution in [1.82, 2.24) is 10.6 Å². The van der Waals surface area contributed by atoms with E-state index in [-0.39, 0.29) is 0 Å². The largest absolute Gasteiger partial charge is 0.469 e. The highest BCUT2D eigenvalue weighted by molar-refractivity contribution is 7.99. The van der Waals surface area contributed by atoms with Gasteiger partial charge in [-0.1, -0.05) is 18.2 Å². The Labute approximate surface area is 136 Å². The Balaban J connectivity index is 1.69. The molecule has 2 rings (SSSR count). The van der Waals surface area contributed by atoms with Crippen molar-refractivity contribution < 1.29 is 4.42 Å². The van der Waals surface area contributed by atoms with E-state index in [1.807, 2.05) is 30.0 Å². The molecule has 0 amide bonds. The molecule has 0 spiro atoms. The summed E-state index contributed by atoms with van der Waals surface area (Å²) in [6.45, 7) is 4.53. The molecule has 118 valence electrons. The van der Waals surface area contributed by atoms with Crippen LogP contribution in [0.15, 0.2) is 63.0 Å². The number of furan rings is 1. The molecule has 0 aliphatic carbocycles. The quantitative estimate of drug-likeness (QED) is 0.340. The number of benzene rings is 1. The van der Waals surface area contributed by atoms with Gasteiger partial charge in [-0.15, -0.1) is 11.8 Å². The monoisotopic (exact) mass is 317 g/mol. The molecule has 22 heavy (non-hydrogen) atoms. The Morgan fingerprint density at radius 3 is 2.73 bits per heavy atom. The zero-order valence-corrected chi connectivity index (χ0v) is 13.7. The third-order valence-electron chi connectivity index (χ3n) is 2.96. The summed E-state index contributed by atoms with van der Waals surface area (Å²) in [5.74, 6) is 2.84.